The number of halogens is 2. The molecule has 0 saturated carbocycles. The van der Waals surface area contributed by atoms with Crippen LogP contribution in [0.1, 0.15) is 0 Å². The molecule has 1 N–H and O–H groups in total. The topological polar surface area (TPSA) is 20.2 Å². The van der Waals surface area contributed by atoms with Gasteiger partial charge in [0.05, 0.1) is 6.61 Å². The zero-order valence-corrected chi connectivity index (χ0v) is 5.05. The van der Waals surface area contributed by atoms with Crippen LogP contribution in [0.5, 0.6) is 0 Å². The molecule has 34 valence electrons. The van der Waals surface area contributed by atoms with E-state index in [2.05, 4.69) is 15.9 Å². The Labute approximate surface area is 45.9 Å². The lowest BCUT2D eigenvalue weighted by atomic mass is 10.9. The van der Waals surface area contributed by atoms with Crippen LogP contribution in [0.25, 0.3) is 0 Å². The fourth-order valence-electron chi connectivity index (χ4n) is 0. The fraction of sp³-hybridized carbons (Fsp3) is 1.00. The molecule has 0 saturated heterocycles. The van der Waals surface area contributed by atoms with Gasteiger partial charge in [0.1, 0.15) is 0 Å². The normalized spacial score (nSPS) is 6.00. The van der Waals surface area contributed by atoms with Gasteiger partial charge in [-0.15, -0.1) is 12.4 Å². The largest absolute Gasteiger partial charge is 0.396 e. The van der Waals surface area contributed by atoms with Crippen molar-refractivity contribution in [2.24, 2.45) is 0 Å². The number of hydrogen-bond donors (Lipinski definition) is 1. The molecule has 0 aromatic heterocycles. The van der Waals surface area contributed by atoms with Crippen molar-refractivity contribution in [2.45, 2.75) is 0 Å². The Balaban J connectivity index is 0. The summed E-state index contributed by atoms with van der Waals surface area (Å²) in [4.78, 5) is 0. The summed E-state index contributed by atoms with van der Waals surface area (Å²) in [6.07, 6.45) is 0. The second-order valence-electron chi connectivity index (χ2n) is 0.413. The van der Waals surface area contributed by atoms with Crippen molar-refractivity contribution in [1.29, 1.82) is 0 Å². The first-order chi connectivity index (χ1) is 1.91. The second kappa shape index (κ2) is 8.83. The van der Waals surface area contributed by atoms with Crippen LogP contribution in [0.15, 0.2) is 0 Å². The lowest BCUT2D eigenvalue weighted by Crippen LogP contribution is -1.75. The first kappa shape index (κ1) is 9.21. The molecule has 0 unspecified atom stereocenters. The number of aliphatic hydroxyl groups is 1. The Morgan fingerprint density at radius 3 is 1.80 bits per heavy atom. The minimum atomic E-state index is 0. The Bertz CT molecular complexity index is 11.6. The van der Waals surface area contributed by atoms with Crippen LogP contribution in [0.2, 0.25) is 0 Å². The molecular formula is C2H6BrClO. The Kier molecular flexibility index (Phi) is 16.3. The van der Waals surface area contributed by atoms with Crippen molar-refractivity contribution in [3.05, 3.63) is 0 Å². The molecule has 5 heavy (non-hydrogen) atoms. The summed E-state index contributed by atoms with van der Waals surface area (Å²) < 4.78 is 0. The fourth-order valence-corrected chi connectivity index (χ4v) is 0. The van der Waals surface area contributed by atoms with Gasteiger partial charge in [-0.1, -0.05) is 15.9 Å². The van der Waals surface area contributed by atoms with Crippen LogP contribution in [0, 0.1) is 0 Å². The Hall–Kier alpha value is 0.730. The highest BCUT2D eigenvalue weighted by Crippen LogP contribution is 1.69. The molecule has 0 radical (unpaired) electrons. The van der Waals surface area contributed by atoms with E-state index in [9.17, 15) is 0 Å². The molecule has 0 aliphatic rings. The Morgan fingerprint density at radius 2 is 1.80 bits per heavy atom. The van der Waals surface area contributed by atoms with E-state index in [0.29, 0.717) is 5.33 Å². The van der Waals surface area contributed by atoms with E-state index in [0.717, 1.165) is 0 Å². The summed E-state index contributed by atoms with van der Waals surface area (Å²) in [5.41, 5.74) is 0. The van der Waals surface area contributed by atoms with Gasteiger partial charge < -0.3 is 5.11 Å². The van der Waals surface area contributed by atoms with Crippen LogP contribution in [0.3, 0.4) is 0 Å². The van der Waals surface area contributed by atoms with Crippen molar-refractivity contribution in [1.82, 2.24) is 0 Å². The predicted molar refractivity (Wildman–Crippen MR) is 28.1 cm³/mol. The van der Waals surface area contributed by atoms with Gasteiger partial charge in [0.15, 0.2) is 0 Å². The smallest absolute Gasteiger partial charge is 0.0528 e. The predicted octanol–water partition coefficient (Wildman–Crippen LogP) is 0.795. The molecule has 0 spiro atoms. The van der Waals surface area contributed by atoms with Crippen LogP contribution in [-0.4, -0.2) is 17.0 Å². The average Bonchev–Trinajstić information content (AvgIpc) is 1.37. The van der Waals surface area contributed by atoms with Crippen LogP contribution in [0.4, 0.5) is 0 Å². The molecule has 0 rings (SSSR count). The molecule has 0 heterocycles. The summed E-state index contributed by atoms with van der Waals surface area (Å²) in [5.74, 6) is 0. The number of aliphatic hydroxyl groups excluding tert-OH is 1. The van der Waals surface area contributed by atoms with E-state index in [1.54, 1.807) is 0 Å². The number of hydrogen-bond acceptors (Lipinski definition) is 1. The van der Waals surface area contributed by atoms with E-state index in [1.807, 2.05) is 0 Å². The molecule has 0 aromatic carbocycles. The highest BCUT2D eigenvalue weighted by molar-refractivity contribution is 9.09. The minimum Gasteiger partial charge on any atom is -0.396 e. The second-order valence-corrected chi connectivity index (χ2v) is 1.21. The third-order valence-electron chi connectivity index (χ3n) is 0.0845. The quantitative estimate of drug-likeness (QED) is 0.564. The van der Waals surface area contributed by atoms with Gasteiger partial charge in [0, 0.05) is 5.33 Å². The monoisotopic (exact) mass is 160 g/mol. The summed E-state index contributed by atoms with van der Waals surface area (Å²) in [6, 6.07) is 0. The van der Waals surface area contributed by atoms with E-state index in [1.165, 1.54) is 0 Å². The van der Waals surface area contributed by atoms with Crippen molar-refractivity contribution in [3.8, 4) is 0 Å². The van der Waals surface area contributed by atoms with Gasteiger partial charge in [-0.05, 0) is 0 Å². The van der Waals surface area contributed by atoms with Gasteiger partial charge in [-0.2, -0.15) is 0 Å². The molecule has 0 bridgehead atoms. The van der Waals surface area contributed by atoms with E-state index >= 15 is 0 Å². The Morgan fingerprint density at radius 1 is 1.60 bits per heavy atom. The molecular weight excluding hydrogens is 155 g/mol. The molecule has 0 aromatic rings. The lowest BCUT2D eigenvalue weighted by Gasteiger charge is -1.67. The van der Waals surface area contributed by atoms with Gasteiger partial charge in [0.25, 0.3) is 0 Å². The van der Waals surface area contributed by atoms with E-state index in [-0.39, 0.29) is 19.0 Å². The lowest BCUT2D eigenvalue weighted by molar-refractivity contribution is 0.324. The maximum absolute atomic E-state index is 7.83. The van der Waals surface area contributed by atoms with Crippen LogP contribution < -0.4 is 0 Å². The number of alkyl halides is 1. The third kappa shape index (κ3) is 11.8. The molecule has 0 aliphatic carbocycles. The van der Waals surface area contributed by atoms with Crippen molar-refractivity contribution in [3.63, 3.8) is 0 Å². The summed E-state index contributed by atoms with van der Waals surface area (Å²) in [7, 11) is 0. The summed E-state index contributed by atoms with van der Waals surface area (Å²) in [5, 5.41) is 8.52. The molecule has 3 heteroatoms. The molecule has 0 fully saturated rings. The van der Waals surface area contributed by atoms with Crippen molar-refractivity contribution in [2.75, 3.05) is 11.9 Å². The number of rotatable bonds is 1. The summed E-state index contributed by atoms with van der Waals surface area (Å²) in [6.45, 7) is 0.236. The van der Waals surface area contributed by atoms with Gasteiger partial charge in [-0.3, -0.25) is 0 Å². The highest BCUT2D eigenvalue weighted by atomic mass is 79.9. The van der Waals surface area contributed by atoms with Gasteiger partial charge in [0.2, 0.25) is 0 Å². The first-order valence-electron chi connectivity index (χ1n) is 1.08. The molecule has 0 amide bonds. The minimum absolute atomic E-state index is 0. The van der Waals surface area contributed by atoms with Gasteiger partial charge >= 0.3 is 0 Å². The van der Waals surface area contributed by atoms with Crippen molar-refractivity contribution >= 4 is 28.3 Å². The molecule has 0 aliphatic heterocycles. The maximum atomic E-state index is 7.83. The van der Waals surface area contributed by atoms with Gasteiger partial charge in [-0.25, -0.2) is 0 Å². The molecule has 1 nitrogen and oxygen atoms in total. The zero-order chi connectivity index (χ0) is 3.41. The maximum Gasteiger partial charge on any atom is 0.0528 e. The molecule has 0 atom stereocenters. The first-order valence-corrected chi connectivity index (χ1v) is 2.20. The van der Waals surface area contributed by atoms with Crippen LogP contribution >= 0.6 is 28.3 Å². The average molecular weight is 161 g/mol. The standard InChI is InChI=1S/C2H5BrO.ClH/c3-1-2-4;/h4H,1-2H2;1H. The zero-order valence-electron chi connectivity index (χ0n) is 2.65. The van der Waals surface area contributed by atoms with Crippen LogP contribution in [-0.2, 0) is 0 Å². The highest BCUT2D eigenvalue weighted by Gasteiger charge is 1.59. The van der Waals surface area contributed by atoms with E-state index in [4.69, 9.17) is 5.11 Å². The third-order valence-corrected chi connectivity index (χ3v) is 0.439. The van der Waals surface area contributed by atoms with Crippen molar-refractivity contribution < 1.29 is 5.11 Å². The summed E-state index contributed by atoms with van der Waals surface area (Å²) >= 11 is 3.00. The SMILES string of the molecule is Cl.OCCBr. The van der Waals surface area contributed by atoms with E-state index < -0.39 is 0 Å².